The maximum absolute atomic E-state index is 12.6. The average Bonchev–Trinajstić information content (AvgIpc) is 3.19. The first-order valence-electron chi connectivity index (χ1n) is 8.70. The van der Waals surface area contributed by atoms with Crippen molar-refractivity contribution >= 4 is 29.1 Å². The molecule has 1 unspecified atom stereocenters. The van der Waals surface area contributed by atoms with Crippen molar-refractivity contribution in [2.45, 2.75) is 18.9 Å². The summed E-state index contributed by atoms with van der Waals surface area (Å²) in [6, 6.07) is 13.0. The van der Waals surface area contributed by atoms with E-state index < -0.39 is 0 Å². The number of benzene rings is 2. The first-order valence-corrected chi connectivity index (χ1v) is 9.46. The van der Waals surface area contributed by atoms with Gasteiger partial charge in [0.1, 0.15) is 5.75 Å². The van der Waals surface area contributed by atoms with E-state index in [1.54, 1.807) is 25.3 Å². The minimum atomic E-state index is -0.164. The lowest BCUT2D eigenvalue weighted by Crippen LogP contribution is -2.37. The Kier molecular flexibility index (Phi) is 6.41. The number of carbonyl (C=O) groups is 1. The van der Waals surface area contributed by atoms with Crippen LogP contribution in [-0.2, 0) is 0 Å². The molecule has 0 bridgehead atoms. The van der Waals surface area contributed by atoms with Crippen molar-refractivity contribution in [1.29, 1.82) is 0 Å². The molecule has 1 atom stereocenters. The zero-order chi connectivity index (χ0) is 18.5. The Morgan fingerprint density at radius 2 is 1.88 bits per heavy atom. The van der Waals surface area contributed by atoms with E-state index in [4.69, 9.17) is 27.9 Å². The lowest BCUT2D eigenvalue weighted by atomic mass is 10.0. The van der Waals surface area contributed by atoms with Crippen LogP contribution in [0.5, 0.6) is 5.75 Å². The number of carbonyl (C=O) groups excluding carboxylic acids is 1. The number of para-hydroxylation sites is 1. The number of methoxy groups -OCH3 is 1. The van der Waals surface area contributed by atoms with Gasteiger partial charge in [0.05, 0.1) is 23.2 Å². The van der Waals surface area contributed by atoms with Crippen molar-refractivity contribution < 1.29 is 9.53 Å². The number of ether oxygens (including phenoxy) is 1. The van der Waals surface area contributed by atoms with E-state index in [0.29, 0.717) is 22.2 Å². The summed E-state index contributed by atoms with van der Waals surface area (Å²) >= 11 is 12.0. The van der Waals surface area contributed by atoms with Gasteiger partial charge in [-0.15, -0.1) is 0 Å². The zero-order valence-electron chi connectivity index (χ0n) is 14.7. The molecule has 3 rings (SSSR count). The predicted octanol–water partition coefficient (Wildman–Crippen LogP) is 4.57. The van der Waals surface area contributed by atoms with Crippen molar-refractivity contribution in [1.82, 2.24) is 10.2 Å². The van der Waals surface area contributed by atoms with Gasteiger partial charge in [0, 0.05) is 17.7 Å². The molecule has 1 saturated heterocycles. The molecule has 1 aliphatic rings. The molecular weight excluding hydrogens is 371 g/mol. The zero-order valence-corrected chi connectivity index (χ0v) is 16.2. The summed E-state index contributed by atoms with van der Waals surface area (Å²) in [5, 5.41) is 3.85. The second-order valence-electron chi connectivity index (χ2n) is 6.34. The Labute approximate surface area is 164 Å². The maximum atomic E-state index is 12.6. The number of nitrogens with zero attached hydrogens (tertiary/aromatic N) is 1. The number of hydrogen-bond acceptors (Lipinski definition) is 3. The van der Waals surface area contributed by atoms with Crippen LogP contribution in [0.4, 0.5) is 0 Å². The first-order chi connectivity index (χ1) is 12.6. The van der Waals surface area contributed by atoms with Gasteiger partial charge in [-0.25, -0.2) is 0 Å². The van der Waals surface area contributed by atoms with Crippen LogP contribution in [0, 0.1) is 0 Å². The van der Waals surface area contributed by atoms with Crippen molar-refractivity contribution in [3.63, 3.8) is 0 Å². The first kappa shape index (κ1) is 19.0. The van der Waals surface area contributed by atoms with E-state index in [1.807, 2.05) is 18.2 Å². The maximum Gasteiger partial charge on any atom is 0.251 e. The van der Waals surface area contributed by atoms with E-state index in [0.717, 1.165) is 24.4 Å². The van der Waals surface area contributed by atoms with Crippen LogP contribution >= 0.6 is 23.2 Å². The normalized spacial score (nSPS) is 15.7. The highest BCUT2D eigenvalue weighted by Gasteiger charge is 2.26. The Balaban J connectivity index is 1.77. The van der Waals surface area contributed by atoms with Gasteiger partial charge in [-0.1, -0.05) is 41.4 Å². The molecule has 4 nitrogen and oxygen atoms in total. The summed E-state index contributed by atoms with van der Waals surface area (Å²) in [4.78, 5) is 14.9. The van der Waals surface area contributed by atoms with Crippen LogP contribution < -0.4 is 10.1 Å². The Hall–Kier alpha value is -1.75. The van der Waals surface area contributed by atoms with Gasteiger partial charge in [0.25, 0.3) is 5.91 Å². The van der Waals surface area contributed by atoms with E-state index in [2.05, 4.69) is 16.3 Å². The third-order valence-corrected chi connectivity index (χ3v) is 5.46. The predicted molar refractivity (Wildman–Crippen MR) is 105 cm³/mol. The summed E-state index contributed by atoms with van der Waals surface area (Å²) in [5.41, 5.74) is 1.59. The topological polar surface area (TPSA) is 41.6 Å². The molecule has 6 heteroatoms. The second kappa shape index (κ2) is 8.76. The molecular formula is C20H22Cl2N2O2. The molecule has 0 aromatic heterocycles. The van der Waals surface area contributed by atoms with E-state index in [9.17, 15) is 4.79 Å². The van der Waals surface area contributed by atoms with E-state index in [1.165, 1.54) is 12.8 Å². The van der Waals surface area contributed by atoms with Crippen LogP contribution in [0.3, 0.4) is 0 Å². The minimum Gasteiger partial charge on any atom is -0.496 e. The highest BCUT2D eigenvalue weighted by atomic mass is 35.5. The average molecular weight is 393 g/mol. The highest BCUT2D eigenvalue weighted by Crippen LogP contribution is 2.31. The summed E-state index contributed by atoms with van der Waals surface area (Å²) in [7, 11) is 1.67. The molecule has 1 aliphatic heterocycles. The van der Waals surface area contributed by atoms with Crippen molar-refractivity contribution in [2.75, 3.05) is 26.7 Å². The molecule has 2 aromatic carbocycles. The number of amides is 1. The van der Waals surface area contributed by atoms with Crippen LogP contribution in [0.2, 0.25) is 10.0 Å². The molecule has 1 fully saturated rings. The molecule has 0 spiro atoms. The molecule has 1 amide bonds. The van der Waals surface area contributed by atoms with Crippen molar-refractivity contribution in [2.24, 2.45) is 0 Å². The summed E-state index contributed by atoms with van der Waals surface area (Å²) in [6.45, 7) is 2.54. The fourth-order valence-corrected chi connectivity index (χ4v) is 3.66. The summed E-state index contributed by atoms with van der Waals surface area (Å²) in [6.07, 6.45) is 2.35. The molecule has 26 heavy (non-hydrogen) atoms. The standard InChI is InChI=1S/C20H22Cl2N2O2/c1-26-19-7-3-2-6-15(19)18(24-10-4-5-11-24)13-23-20(25)14-8-9-16(21)17(22)12-14/h2-3,6-9,12,18H,4-5,10-11,13H2,1H3,(H,23,25). The monoisotopic (exact) mass is 392 g/mol. The molecule has 0 radical (unpaired) electrons. The van der Waals surface area contributed by atoms with Gasteiger partial charge >= 0.3 is 0 Å². The molecule has 138 valence electrons. The molecule has 1 N–H and O–H groups in total. The smallest absolute Gasteiger partial charge is 0.251 e. The largest absolute Gasteiger partial charge is 0.496 e. The third kappa shape index (κ3) is 4.32. The fraction of sp³-hybridized carbons (Fsp3) is 0.350. The number of hydrogen-bond donors (Lipinski definition) is 1. The molecule has 0 aliphatic carbocycles. The number of halogens is 2. The molecule has 2 aromatic rings. The quantitative estimate of drug-likeness (QED) is 0.782. The van der Waals surface area contributed by atoms with Crippen LogP contribution in [0.25, 0.3) is 0 Å². The van der Waals surface area contributed by atoms with Crippen LogP contribution in [0.1, 0.15) is 34.8 Å². The molecule has 0 saturated carbocycles. The number of likely N-dealkylation sites (tertiary alicyclic amines) is 1. The van der Waals surface area contributed by atoms with Gasteiger partial charge in [0.2, 0.25) is 0 Å². The number of rotatable bonds is 6. The van der Waals surface area contributed by atoms with Crippen molar-refractivity contribution in [3.05, 3.63) is 63.6 Å². The second-order valence-corrected chi connectivity index (χ2v) is 7.15. The van der Waals surface area contributed by atoms with E-state index >= 15 is 0 Å². The van der Waals surface area contributed by atoms with Gasteiger partial charge in [-0.05, 0) is 50.2 Å². The lowest BCUT2D eigenvalue weighted by molar-refractivity contribution is 0.0937. The SMILES string of the molecule is COc1ccccc1C(CNC(=O)c1ccc(Cl)c(Cl)c1)N1CCCC1. The molecule has 1 heterocycles. The Morgan fingerprint density at radius 1 is 1.15 bits per heavy atom. The number of nitrogens with one attached hydrogen (secondary N) is 1. The Morgan fingerprint density at radius 3 is 2.58 bits per heavy atom. The van der Waals surface area contributed by atoms with Gasteiger partial charge < -0.3 is 10.1 Å². The van der Waals surface area contributed by atoms with Gasteiger partial charge in [-0.2, -0.15) is 0 Å². The fourth-order valence-electron chi connectivity index (χ4n) is 3.36. The van der Waals surface area contributed by atoms with Gasteiger partial charge in [-0.3, -0.25) is 9.69 Å². The summed E-state index contributed by atoms with van der Waals surface area (Å²) in [5.74, 6) is 0.677. The van der Waals surface area contributed by atoms with Crippen LogP contribution in [-0.4, -0.2) is 37.6 Å². The van der Waals surface area contributed by atoms with Crippen molar-refractivity contribution in [3.8, 4) is 5.75 Å². The lowest BCUT2D eigenvalue weighted by Gasteiger charge is -2.29. The van der Waals surface area contributed by atoms with E-state index in [-0.39, 0.29) is 11.9 Å². The summed E-state index contributed by atoms with van der Waals surface area (Å²) < 4.78 is 5.53. The highest BCUT2D eigenvalue weighted by molar-refractivity contribution is 6.42. The minimum absolute atomic E-state index is 0.0698. The Bertz CT molecular complexity index is 776. The van der Waals surface area contributed by atoms with Crippen LogP contribution in [0.15, 0.2) is 42.5 Å². The van der Waals surface area contributed by atoms with Gasteiger partial charge in [0.15, 0.2) is 0 Å². The third-order valence-electron chi connectivity index (χ3n) is 4.72.